The molecule has 8 nitrogen and oxygen atoms in total. The lowest BCUT2D eigenvalue weighted by molar-refractivity contribution is 0.0509. The van der Waals surface area contributed by atoms with Gasteiger partial charge in [-0.2, -0.15) is 4.98 Å². The van der Waals surface area contributed by atoms with Crippen LogP contribution in [0.15, 0.2) is 12.3 Å². The van der Waals surface area contributed by atoms with Gasteiger partial charge in [-0.3, -0.25) is 0 Å². The van der Waals surface area contributed by atoms with Crippen LogP contribution in [0.4, 0.5) is 10.7 Å². The number of aromatic nitrogens is 2. The zero-order chi connectivity index (χ0) is 19.6. The van der Waals surface area contributed by atoms with Crippen LogP contribution in [0, 0.1) is 0 Å². The first-order valence-corrected chi connectivity index (χ1v) is 8.55. The normalized spacial score (nSPS) is 12.7. The Morgan fingerprint density at radius 3 is 2.69 bits per heavy atom. The molecule has 0 aromatic carbocycles. The number of rotatable bonds is 9. The third kappa shape index (κ3) is 8.66. The summed E-state index contributed by atoms with van der Waals surface area (Å²) in [5, 5.41) is 5.84. The zero-order valence-corrected chi connectivity index (χ0v) is 16.5. The number of hydrogen-bond acceptors (Lipinski definition) is 7. The summed E-state index contributed by atoms with van der Waals surface area (Å²) in [4.78, 5) is 20.3. The summed E-state index contributed by atoms with van der Waals surface area (Å²) in [7, 11) is 3.20. The molecule has 8 heteroatoms. The molecule has 26 heavy (non-hydrogen) atoms. The molecule has 1 rings (SSSR count). The first-order valence-electron chi connectivity index (χ1n) is 8.55. The van der Waals surface area contributed by atoms with Crippen molar-refractivity contribution in [3.05, 3.63) is 17.8 Å². The van der Waals surface area contributed by atoms with Gasteiger partial charge in [0.25, 0.3) is 0 Å². The molecule has 0 unspecified atom stereocenters. The summed E-state index contributed by atoms with van der Waals surface area (Å²) in [6, 6.07) is -0.0667. The minimum Gasteiger partial charge on any atom is -0.480 e. The van der Waals surface area contributed by atoms with E-state index in [1.165, 1.54) is 0 Å². The molecule has 0 fully saturated rings. The minimum absolute atomic E-state index is 0.0667. The van der Waals surface area contributed by atoms with E-state index in [1.807, 2.05) is 39.8 Å². The lowest BCUT2D eigenvalue weighted by Crippen LogP contribution is -2.37. The van der Waals surface area contributed by atoms with E-state index < -0.39 is 11.7 Å². The number of anilines is 1. The highest BCUT2D eigenvalue weighted by atomic mass is 16.6. The van der Waals surface area contributed by atoms with Gasteiger partial charge in [0, 0.05) is 25.9 Å². The number of ether oxygens (including phenoxy) is 3. The third-order valence-corrected chi connectivity index (χ3v) is 3.11. The van der Waals surface area contributed by atoms with Crippen molar-refractivity contribution in [2.45, 2.75) is 45.8 Å². The molecule has 2 N–H and O–H groups in total. The lowest BCUT2D eigenvalue weighted by Gasteiger charge is -2.21. The van der Waals surface area contributed by atoms with E-state index in [-0.39, 0.29) is 6.04 Å². The second kappa shape index (κ2) is 10.6. The summed E-state index contributed by atoms with van der Waals surface area (Å²) >= 11 is 0. The van der Waals surface area contributed by atoms with Crippen LogP contribution < -0.4 is 15.4 Å². The molecule has 0 aliphatic carbocycles. The van der Waals surface area contributed by atoms with Crippen molar-refractivity contribution in [3.8, 4) is 5.88 Å². The van der Waals surface area contributed by atoms with Gasteiger partial charge >= 0.3 is 6.09 Å². The number of carbonyl (C=O) groups is 1. The largest absolute Gasteiger partial charge is 0.480 e. The molecule has 0 saturated heterocycles. The van der Waals surface area contributed by atoms with Gasteiger partial charge in [0.1, 0.15) is 5.60 Å². The maximum absolute atomic E-state index is 11.7. The quantitative estimate of drug-likeness (QED) is 0.649. The van der Waals surface area contributed by atoms with Crippen LogP contribution >= 0.6 is 0 Å². The maximum Gasteiger partial charge on any atom is 0.407 e. The standard InChI is InChI=1S/C18H30N4O4/c1-13(21-17(23)26-18(2,3)4)8-7-9-14-12-20-16(19-10-11-24-5)22-15(14)25-6/h7,9,12-13H,8,10-11H2,1-6H3,(H,21,23)(H,19,20,22)/b9-7+/t13-/m0/s1. The predicted molar refractivity (Wildman–Crippen MR) is 101 cm³/mol. The first kappa shape index (κ1) is 21.7. The van der Waals surface area contributed by atoms with E-state index in [1.54, 1.807) is 20.4 Å². The van der Waals surface area contributed by atoms with E-state index in [4.69, 9.17) is 14.2 Å². The van der Waals surface area contributed by atoms with Crippen LogP contribution in [0.2, 0.25) is 0 Å². The van der Waals surface area contributed by atoms with Gasteiger partial charge in [-0.05, 0) is 34.1 Å². The second-order valence-corrected chi connectivity index (χ2v) is 6.76. The van der Waals surface area contributed by atoms with Crippen molar-refractivity contribution in [1.82, 2.24) is 15.3 Å². The molecular weight excluding hydrogens is 336 g/mol. The van der Waals surface area contributed by atoms with E-state index in [2.05, 4.69) is 20.6 Å². The monoisotopic (exact) mass is 366 g/mol. The molecule has 1 aromatic rings. The van der Waals surface area contributed by atoms with Gasteiger partial charge in [0.15, 0.2) is 0 Å². The number of methoxy groups -OCH3 is 2. The highest BCUT2D eigenvalue weighted by Crippen LogP contribution is 2.18. The Hall–Kier alpha value is -2.35. The smallest absolute Gasteiger partial charge is 0.407 e. The molecule has 0 saturated carbocycles. The molecule has 1 amide bonds. The van der Waals surface area contributed by atoms with Gasteiger partial charge < -0.3 is 24.8 Å². The summed E-state index contributed by atoms with van der Waals surface area (Å²) in [5.74, 6) is 0.958. The summed E-state index contributed by atoms with van der Waals surface area (Å²) in [6.07, 6.45) is 5.69. The maximum atomic E-state index is 11.7. The Morgan fingerprint density at radius 2 is 2.08 bits per heavy atom. The molecule has 0 radical (unpaired) electrons. The van der Waals surface area contributed by atoms with Gasteiger partial charge in [-0.1, -0.05) is 12.2 Å². The van der Waals surface area contributed by atoms with Crippen molar-refractivity contribution in [1.29, 1.82) is 0 Å². The van der Waals surface area contributed by atoms with Crippen molar-refractivity contribution in [2.75, 3.05) is 32.7 Å². The number of carbonyl (C=O) groups excluding carboxylic acids is 1. The molecular formula is C18H30N4O4. The first-order chi connectivity index (χ1) is 12.2. The lowest BCUT2D eigenvalue weighted by atomic mass is 10.2. The molecule has 0 aliphatic heterocycles. The van der Waals surface area contributed by atoms with E-state index in [0.29, 0.717) is 31.4 Å². The number of nitrogens with one attached hydrogen (secondary N) is 2. The molecule has 1 heterocycles. The summed E-state index contributed by atoms with van der Waals surface area (Å²) in [5.41, 5.74) is 0.248. The fourth-order valence-corrected chi connectivity index (χ4v) is 1.97. The number of nitrogens with zero attached hydrogens (tertiary/aromatic N) is 2. The fraction of sp³-hybridized carbons (Fsp3) is 0.611. The Bertz CT molecular complexity index is 599. The number of alkyl carbamates (subject to hydrolysis) is 1. The highest BCUT2D eigenvalue weighted by Gasteiger charge is 2.17. The average molecular weight is 366 g/mol. The number of hydrogen-bond donors (Lipinski definition) is 2. The fourth-order valence-electron chi connectivity index (χ4n) is 1.97. The SMILES string of the molecule is COCCNc1ncc(/C=C/C[C@H](C)NC(=O)OC(C)(C)C)c(OC)n1. The average Bonchev–Trinajstić information content (AvgIpc) is 2.54. The molecule has 0 bridgehead atoms. The molecule has 1 aromatic heterocycles. The van der Waals surface area contributed by atoms with Crippen molar-refractivity contribution in [3.63, 3.8) is 0 Å². The Labute approximate surface area is 155 Å². The van der Waals surface area contributed by atoms with Crippen molar-refractivity contribution >= 4 is 18.1 Å². The van der Waals surface area contributed by atoms with Gasteiger partial charge in [-0.15, -0.1) is 0 Å². The van der Waals surface area contributed by atoms with E-state index >= 15 is 0 Å². The second-order valence-electron chi connectivity index (χ2n) is 6.76. The van der Waals surface area contributed by atoms with E-state index in [0.717, 1.165) is 5.56 Å². The van der Waals surface area contributed by atoms with E-state index in [9.17, 15) is 4.79 Å². The molecule has 0 spiro atoms. The van der Waals surface area contributed by atoms with Gasteiger partial charge in [-0.25, -0.2) is 9.78 Å². The van der Waals surface area contributed by atoms with Gasteiger partial charge in [0.05, 0.1) is 19.3 Å². The summed E-state index contributed by atoms with van der Waals surface area (Å²) in [6.45, 7) is 8.58. The molecule has 1 atom stereocenters. The van der Waals surface area contributed by atoms with Crippen LogP contribution in [0.5, 0.6) is 5.88 Å². The van der Waals surface area contributed by atoms with Crippen LogP contribution in [0.25, 0.3) is 6.08 Å². The van der Waals surface area contributed by atoms with Crippen LogP contribution in [0.1, 0.15) is 39.7 Å². The highest BCUT2D eigenvalue weighted by molar-refractivity contribution is 5.68. The van der Waals surface area contributed by atoms with Crippen molar-refractivity contribution < 1.29 is 19.0 Å². The van der Waals surface area contributed by atoms with Crippen LogP contribution in [0.3, 0.4) is 0 Å². The topological polar surface area (TPSA) is 94.6 Å². The third-order valence-electron chi connectivity index (χ3n) is 3.11. The molecule has 0 aliphatic rings. The Morgan fingerprint density at radius 1 is 1.35 bits per heavy atom. The van der Waals surface area contributed by atoms with Crippen molar-refractivity contribution in [2.24, 2.45) is 0 Å². The predicted octanol–water partition coefficient (Wildman–Crippen LogP) is 2.86. The minimum atomic E-state index is -0.511. The van der Waals surface area contributed by atoms with Crippen LogP contribution in [-0.4, -0.2) is 55.1 Å². The Balaban J connectivity index is 2.57. The zero-order valence-electron chi connectivity index (χ0n) is 16.5. The Kier molecular flexibility index (Phi) is 8.84. The van der Waals surface area contributed by atoms with Crippen LogP contribution in [-0.2, 0) is 9.47 Å². The summed E-state index contributed by atoms with van der Waals surface area (Å²) < 4.78 is 15.5. The van der Waals surface area contributed by atoms with Gasteiger partial charge in [0.2, 0.25) is 11.8 Å². The number of amides is 1. The molecule has 146 valence electrons.